The first-order valence-corrected chi connectivity index (χ1v) is 8.05. The van der Waals surface area contributed by atoms with Crippen molar-refractivity contribution in [2.75, 3.05) is 13.2 Å². The predicted octanol–water partition coefficient (Wildman–Crippen LogP) is 3.48. The Morgan fingerprint density at radius 1 is 1.19 bits per heavy atom. The molecule has 0 bridgehead atoms. The minimum absolute atomic E-state index is 0.0382. The van der Waals surface area contributed by atoms with Gasteiger partial charge >= 0.3 is 0 Å². The van der Waals surface area contributed by atoms with Gasteiger partial charge in [-0.15, -0.1) is 0 Å². The summed E-state index contributed by atoms with van der Waals surface area (Å²) < 4.78 is 0. The molecular formula is C18H27NO2. The van der Waals surface area contributed by atoms with Gasteiger partial charge in [0.05, 0.1) is 6.61 Å². The van der Waals surface area contributed by atoms with Crippen molar-refractivity contribution in [2.24, 2.45) is 5.41 Å². The summed E-state index contributed by atoms with van der Waals surface area (Å²) in [5, 5.41) is 12.7. The number of benzene rings is 1. The topological polar surface area (TPSA) is 49.3 Å². The summed E-state index contributed by atoms with van der Waals surface area (Å²) in [5.41, 5.74) is 1.83. The van der Waals surface area contributed by atoms with Crippen molar-refractivity contribution in [3.05, 3.63) is 35.4 Å². The SMILES string of the molecule is CC(C)c1ccc(C(=O)NCC2(CO)CCCCC2)cc1. The van der Waals surface area contributed by atoms with E-state index in [-0.39, 0.29) is 17.9 Å². The van der Waals surface area contributed by atoms with Gasteiger partial charge in [0.25, 0.3) is 5.91 Å². The Hall–Kier alpha value is -1.35. The van der Waals surface area contributed by atoms with E-state index in [4.69, 9.17) is 0 Å². The molecule has 2 N–H and O–H groups in total. The maximum Gasteiger partial charge on any atom is 0.251 e. The van der Waals surface area contributed by atoms with Crippen molar-refractivity contribution in [1.29, 1.82) is 0 Å². The van der Waals surface area contributed by atoms with Crippen LogP contribution in [0.2, 0.25) is 0 Å². The molecule has 1 amide bonds. The summed E-state index contributed by atoms with van der Waals surface area (Å²) >= 11 is 0. The van der Waals surface area contributed by atoms with E-state index in [0.29, 0.717) is 18.0 Å². The molecule has 0 atom stereocenters. The van der Waals surface area contributed by atoms with Gasteiger partial charge in [-0.2, -0.15) is 0 Å². The molecule has 0 unspecified atom stereocenters. The van der Waals surface area contributed by atoms with Gasteiger partial charge in [0, 0.05) is 17.5 Å². The van der Waals surface area contributed by atoms with Gasteiger partial charge in [0.2, 0.25) is 0 Å². The van der Waals surface area contributed by atoms with E-state index in [1.54, 1.807) is 0 Å². The molecule has 1 aromatic carbocycles. The summed E-state index contributed by atoms with van der Waals surface area (Å²) in [7, 11) is 0. The number of nitrogens with one attached hydrogen (secondary N) is 1. The van der Waals surface area contributed by atoms with Crippen molar-refractivity contribution in [3.63, 3.8) is 0 Å². The van der Waals surface area contributed by atoms with Crippen LogP contribution in [0.1, 0.15) is 67.8 Å². The van der Waals surface area contributed by atoms with Gasteiger partial charge in [0.1, 0.15) is 0 Å². The molecule has 1 fully saturated rings. The second-order valence-electron chi connectivity index (χ2n) is 6.68. The number of carbonyl (C=O) groups is 1. The quantitative estimate of drug-likeness (QED) is 0.872. The number of amides is 1. The zero-order chi connectivity index (χ0) is 15.3. The van der Waals surface area contributed by atoms with E-state index < -0.39 is 0 Å². The summed E-state index contributed by atoms with van der Waals surface area (Å²) in [6.45, 7) is 5.03. The first-order valence-electron chi connectivity index (χ1n) is 8.05. The minimum atomic E-state index is -0.105. The lowest BCUT2D eigenvalue weighted by Gasteiger charge is -2.35. The molecule has 3 nitrogen and oxygen atoms in total. The summed E-state index contributed by atoms with van der Waals surface area (Å²) in [4.78, 5) is 12.2. The zero-order valence-electron chi connectivity index (χ0n) is 13.2. The Balaban J connectivity index is 1.94. The van der Waals surface area contributed by atoms with Crippen molar-refractivity contribution in [3.8, 4) is 0 Å². The molecule has 0 aromatic heterocycles. The third-order valence-electron chi connectivity index (χ3n) is 4.71. The van der Waals surface area contributed by atoms with E-state index >= 15 is 0 Å². The Morgan fingerprint density at radius 2 is 1.81 bits per heavy atom. The maximum absolute atomic E-state index is 12.2. The van der Waals surface area contributed by atoms with Gasteiger partial charge < -0.3 is 10.4 Å². The van der Waals surface area contributed by atoms with Gasteiger partial charge in [-0.25, -0.2) is 0 Å². The molecule has 0 heterocycles. The van der Waals surface area contributed by atoms with Crippen LogP contribution < -0.4 is 5.32 Å². The highest BCUT2D eigenvalue weighted by molar-refractivity contribution is 5.94. The fourth-order valence-electron chi connectivity index (χ4n) is 3.08. The fraction of sp³-hybridized carbons (Fsp3) is 0.611. The molecule has 0 saturated heterocycles. The van der Waals surface area contributed by atoms with Gasteiger partial charge in [-0.05, 0) is 36.5 Å². The number of carbonyl (C=O) groups excluding carboxylic acids is 1. The average molecular weight is 289 g/mol. The van der Waals surface area contributed by atoms with E-state index in [1.807, 2.05) is 24.3 Å². The Kier molecular flexibility index (Phi) is 5.40. The number of hydrogen-bond acceptors (Lipinski definition) is 2. The van der Waals surface area contributed by atoms with Crippen LogP contribution in [0.15, 0.2) is 24.3 Å². The first kappa shape index (κ1) is 16.0. The van der Waals surface area contributed by atoms with Crippen LogP contribution in [0, 0.1) is 5.41 Å². The van der Waals surface area contributed by atoms with E-state index in [9.17, 15) is 9.90 Å². The predicted molar refractivity (Wildman–Crippen MR) is 85.5 cm³/mol. The summed E-state index contributed by atoms with van der Waals surface area (Å²) in [6.07, 6.45) is 5.57. The molecule has 1 aliphatic rings. The van der Waals surface area contributed by atoms with Crippen LogP contribution in [0.4, 0.5) is 0 Å². The van der Waals surface area contributed by atoms with Gasteiger partial charge in [0.15, 0.2) is 0 Å². The fourth-order valence-corrected chi connectivity index (χ4v) is 3.08. The molecule has 0 aliphatic heterocycles. The molecule has 0 spiro atoms. The van der Waals surface area contributed by atoms with E-state index in [0.717, 1.165) is 25.7 Å². The lowest BCUT2D eigenvalue weighted by atomic mass is 9.74. The summed E-state index contributed by atoms with van der Waals surface area (Å²) in [5.74, 6) is 0.436. The Bertz CT molecular complexity index is 459. The minimum Gasteiger partial charge on any atom is -0.396 e. The molecule has 1 aromatic rings. The normalized spacial score (nSPS) is 17.7. The van der Waals surface area contributed by atoms with Crippen LogP contribution in [-0.2, 0) is 0 Å². The Labute approximate surface area is 127 Å². The summed E-state index contributed by atoms with van der Waals surface area (Å²) in [6, 6.07) is 7.80. The molecule has 2 rings (SSSR count). The second-order valence-corrected chi connectivity index (χ2v) is 6.68. The van der Waals surface area contributed by atoms with Crippen LogP contribution >= 0.6 is 0 Å². The molecule has 0 radical (unpaired) electrons. The van der Waals surface area contributed by atoms with Crippen molar-refractivity contribution in [1.82, 2.24) is 5.32 Å². The molecule has 1 aliphatic carbocycles. The molecule has 21 heavy (non-hydrogen) atoms. The Morgan fingerprint density at radius 3 is 2.33 bits per heavy atom. The van der Waals surface area contributed by atoms with E-state index in [1.165, 1.54) is 12.0 Å². The monoisotopic (exact) mass is 289 g/mol. The van der Waals surface area contributed by atoms with Crippen molar-refractivity contribution < 1.29 is 9.90 Å². The van der Waals surface area contributed by atoms with E-state index in [2.05, 4.69) is 19.2 Å². The third kappa shape index (κ3) is 4.07. The number of rotatable bonds is 5. The molecular weight excluding hydrogens is 262 g/mol. The maximum atomic E-state index is 12.2. The standard InChI is InChI=1S/C18H27NO2/c1-14(2)15-6-8-16(9-7-15)17(21)19-12-18(13-20)10-4-3-5-11-18/h6-9,14,20H,3-5,10-13H2,1-2H3,(H,19,21). The van der Waals surface area contributed by atoms with Crippen LogP contribution in [0.3, 0.4) is 0 Å². The largest absolute Gasteiger partial charge is 0.396 e. The zero-order valence-corrected chi connectivity index (χ0v) is 13.2. The lowest BCUT2D eigenvalue weighted by molar-refractivity contribution is 0.0718. The highest BCUT2D eigenvalue weighted by Gasteiger charge is 2.31. The number of aliphatic hydroxyl groups excluding tert-OH is 1. The highest BCUT2D eigenvalue weighted by atomic mass is 16.3. The van der Waals surface area contributed by atoms with Crippen LogP contribution in [-0.4, -0.2) is 24.2 Å². The lowest BCUT2D eigenvalue weighted by Crippen LogP contribution is -2.41. The van der Waals surface area contributed by atoms with Crippen LogP contribution in [0.25, 0.3) is 0 Å². The smallest absolute Gasteiger partial charge is 0.251 e. The average Bonchev–Trinajstić information content (AvgIpc) is 2.53. The van der Waals surface area contributed by atoms with Gasteiger partial charge in [-0.1, -0.05) is 45.2 Å². The highest BCUT2D eigenvalue weighted by Crippen LogP contribution is 2.35. The van der Waals surface area contributed by atoms with Crippen LogP contribution in [0.5, 0.6) is 0 Å². The number of aliphatic hydroxyl groups is 1. The third-order valence-corrected chi connectivity index (χ3v) is 4.71. The van der Waals surface area contributed by atoms with Gasteiger partial charge in [-0.3, -0.25) is 4.79 Å². The molecule has 3 heteroatoms. The number of hydrogen-bond donors (Lipinski definition) is 2. The molecule has 116 valence electrons. The van der Waals surface area contributed by atoms with Crippen molar-refractivity contribution in [2.45, 2.75) is 51.9 Å². The van der Waals surface area contributed by atoms with Crippen molar-refractivity contribution >= 4 is 5.91 Å². The first-order chi connectivity index (χ1) is 10.1. The second kappa shape index (κ2) is 7.08. The molecule has 1 saturated carbocycles.